The molecule has 4 saturated heterocycles. The predicted octanol–water partition coefficient (Wildman–Crippen LogP) is 0.0975. The van der Waals surface area contributed by atoms with Crippen molar-refractivity contribution < 1.29 is 84.2 Å². The van der Waals surface area contributed by atoms with Gasteiger partial charge in [-0.25, -0.2) is 14.3 Å². The molecule has 84 heavy (non-hydrogen) atoms. The van der Waals surface area contributed by atoms with Crippen molar-refractivity contribution >= 4 is 31.6 Å². The summed E-state index contributed by atoms with van der Waals surface area (Å²) in [4.78, 5) is 80.4. The third kappa shape index (κ3) is 15.7. The van der Waals surface area contributed by atoms with Gasteiger partial charge in [0, 0.05) is 75.2 Å². The van der Waals surface area contributed by atoms with Crippen molar-refractivity contribution in [2.45, 2.75) is 184 Å². The summed E-state index contributed by atoms with van der Waals surface area (Å²) in [5.74, 6) is 0. The Bertz CT molecular complexity index is 3310. The Labute approximate surface area is 510 Å². The molecule has 4 aromatic rings. The topological polar surface area (TPSA) is 380 Å². The molecule has 33 heteroatoms. The molecule has 0 spiro atoms. The van der Waals surface area contributed by atoms with Gasteiger partial charge in [0.05, 0.1) is 60.8 Å². The van der Waals surface area contributed by atoms with Crippen LogP contribution in [0.15, 0.2) is 77.8 Å². The Hall–Kier alpha value is -5.18. The van der Waals surface area contributed by atoms with Gasteiger partial charge in [0.25, 0.3) is 30.8 Å². The van der Waals surface area contributed by atoms with Gasteiger partial charge >= 0.3 is 46.5 Å². The molecule has 6 aliphatic heterocycles. The molecule has 10 rings (SSSR count). The zero-order valence-electron chi connectivity index (χ0n) is 55.9. The second kappa shape index (κ2) is 32.0. The number of H-pyrrole nitrogens is 2. The first-order chi connectivity index (χ1) is 42.4. The molecule has 6 N–H and O–H groups in total. The zero-order chi connectivity index (χ0) is 66.7. The third-order valence-electron chi connectivity index (χ3n) is 13.6. The molecular weight excluding hydrogens is 1150 g/mol. The summed E-state index contributed by atoms with van der Waals surface area (Å²) in [6.07, 6.45) is -5.35. The molecule has 10 heterocycles. The third-order valence-corrected chi connectivity index (χ3v) is 15.8. The van der Waals surface area contributed by atoms with Crippen LogP contribution in [0.1, 0.15) is 112 Å². The molecule has 6 aliphatic rings. The Morgan fingerprint density at radius 1 is 0.690 bits per heavy atom. The van der Waals surface area contributed by atoms with Crippen molar-refractivity contribution in [3.8, 4) is 18.1 Å². The fourth-order valence-corrected chi connectivity index (χ4v) is 11.6. The van der Waals surface area contributed by atoms with E-state index in [9.17, 15) is 48.5 Å². The number of aromatic nitrogens is 8. The average molecular weight is 1230 g/mol. The molecular formula is C51H76FMgN10O20P. The van der Waals surface area contributed by atoms with Crippen molar-refractivity contribution in [1.82, 2.24) is 42.9 Å². The van der Waals surface area contributed by atoms with Gasteiger partial charge in [0.1, 0.15) is 42.7 Å². The van der Waals surface area contributed by atoms with E-state index in [0.29, 0.717) is 12.8 Å². The van der Waals surface area contributed by atoms with Crippen LogP contribution in [0, 0.1) is 11.3 Å². The Morgan fingerprint density at radius 3 is 1.57 bits per heavy atom. The van der Waals surface area contributed by atoms with Crippen LogP contribution in [0.25, 0.3) is 0 Å². The Balaban J connectivity index is 0.000000330. The largest absolute Gasteiger partial charge is 2.00 e. The summed E-state index contributed by atoms with van der Waals surface area (Å²) in [6, 6.07) is 7.32. The minimum Gasteiger partial charge on any atom is -1.00 e. The quantitative estimate of drug-likeness (QED) is 0.0492. The maximum absolute atomic E-state index is 12.5. The number of nitrogens with one attached hydrogen (secondary N) is 2. The normalized spacial score (nSPS) is 31.1. The Kier molecular flexibility index (Phi) is 22.5. The molecule has 0 amide bonds. The molecule has 464 valence electrons. The van der Waals surface area contributed by atoms with E-state index in [2.05, 4.69) is 15.0 Å². The first-order valence-corrected chi connectivity index (χ1v) is 27.4. The van der Waals surface area contributed by atoms with Crippen LogP contribution in [0.2, 0.25) is 0 Å². The number of methoxy groups -OCH3 is 2. The summed E-state index contributed by atoms with van der Waals surface area (Å²) >= 11 is 0. The van der Waals surface area contributed by atoms with Gasteiger partial charge in [0.2, 0.25) is 0 Å². The van der Waals surface area contributed by atoms with Gasteiger partial charge in [0.15, 0.2) is 37.1 Å². The maximum Gasteiger partial charge on any atom is 2.00 e. The van der Waals surface area contributed by atoms with Gasteiger partial charge in [-0.1, -0.05) is 20.8 Å². The number of hydrogen-bond acceptors (Lipinski definition) is 24. The zero-order valence-corrected chi connectivity index (χ0v) is 49.2. The standard InChI is InChI=1S/C20H33N4O6P.C11H16N2O5.C10H12N2O4.C9H10N2O5.CH3F.Mg.2H/c1-7-15-17(30-31(28-12-8-10-21)24(13(2)3)14(4)5)18(27-6)19(29-15)23-11-9-16(25)22-20(23)26;1-3-6-8(15)9(17-2)10(18-6)13-5-4-7(14)12-11(13)16;1-2-5-7(14)8-9(15-5)12-4-3-6(13)11-10(12)16-8;12-3-4-6(14)7-8(15-4)11-2-1-5(13)10-9(11)16-7;1-2;;;/h9,11,13-15,17-19H,7-8,12H2,1-6H3,(H,22,25,26);4-6,8-10,15H,3H2,1-2H3,(H,12,14,16);3-5,7-9,14H,2H2,1H3;1-2,4,6-8,12,14H,3H2;1H3;;;/q;;;;;+2;2*-1/t15-,17-,18-,19-,31?;6-,8-,9-,10-;5-,7-,8?,9-;4-,6-,7?,8-;;;;/m1111..../s1/i6D3;2D3;;;1D;;;. The Morgan fingerprint density at radius 2 is 1.12 bits per heavy atom. The molecule has 0 bridgehead atoms. The molecule has 17 atom stereocenters. The number of halogens is 1. The van der Waals surface area contributed by atoms with Crippen LogP contribution >= 0.6 is 8.53 Å². The average Bonchev–Trinajstić information content (AvgIpc) is 1.70. The van der Waals surface area contributed by atoms with Crippen molar-refractivity contribution in [3.05, 3.63) is 111 Å². The first-order valence-electron chi connectivity index (χ1n) is 30.0. The molecule has 3 unspecified atom stereocenters. The number of nitriles is 1. The fraction of sp³-hybridized carbons (Fsp3) is 0.667. The first kappa shape index (κ1) is 59.2. The van der Waals surface area contributed by atoms with E-state index in [-0.39, 0.29) is 87.5 Å². The van der Waals surface area contributed by atoms with Gasteiger partial charge in [-0.2, -0.15) is 15.2 Å². The number of aromatic amines is 2. The van der Waals surface area contributed by atoms with Crippen LogP contribution in [0.4, 0.5) is 4.39 Å². The summed E-state index contributed by atoms with van der Waals surface area (Å²) in [7, 11) is -8.28. The van der Waals surface area contributed by atoms with Gasteiger partial charge < -0.3 is 70.2 Å². The summed E-state index contributed by atoms with van der Waals surface area (Å²) in [5.41, 5.74) is -3.46. The van der Waals surface area contributed by atoms with Crippen LogP contribution in [-0.4, -0.2) is 206 Å². The maximum atomic E-state index is 12.5. The predicted molar refractivity (Wildman–Crippen MR) is 297 cm³/mol. The minimum absolute atomic E-state index is 0. The van der Waals surface area contributed by atoms with E-state index in [0.717, 1.165) is 27.7 Å². The van der Waals surface area contributed by atoms with E-state index < -0.39 is 144 Å². The second-order valence-corrected chi connectivity index (χ2v) is 20.9. The number of aliphatic hydroxyl groups excluding tert-OH is 4. The van der Waals surface area contributed by atoms with Crippen LogP contribution < -0.4 is 43.1 Å². The van der Waals surface area contributed by atoms with Gasteiger partial charge in [-0.15, -0.1) is 0 Å². The van der Waals surface area contributed by atoms with Crippen molar-refractivity contribution in [1.29, 1.82) is 5.26 Å². The number of alkyl halides is 1. The van der Waals surface area contributed by atoms with Crippen molar-refractivity contribution in [2.24, 2.45) is 0 Å². The number of aliphatic hydroxyl groups is 4. The van der Waals surface area contributed by atoms with Gasteiger partial charge in [-0.3, -0.25) is 51.8 Å². The van der Waals surface area contributed by atoms with Gasteiger partial charge in [-0.05, 0) is 47.0 Å². The van der Waals surface area contributed by atoms with Crippen LogP contribution in [-0.2, 0) is 37.5 Å². The van der Waals surface area contributed by atoms with E-state index in [1.165, 1.54) is 35.3 Å². The minimum atomic E-state index is -2.80. The molecule has 4 fully saturated rings. The molecule has 4 aromatic heterocycles. The molecule has 0 radical (unpaired) electrons. The fourth-order valence-electron chi connectivity index (χ4n) is 9.80. The van der Waals surface area contributed by atoms with Crippen LogP contribution in [0.3, 0.4) is 0 Å². The van der Waals surface area contributed by atoms with Crippen molar-refractivity contribution in [3.63, 3.8) is 0 Å². The van der Waals surface area contributed by atoms with E-state index in [1.807, 2.05) is 57.3 Å². The monoisotopic (exact) mass is 1230 g/mol. The van der Waals surface area contributed by atoms with E-state index >= 15 is 0 Å². The van der Waals surface area contributed by atoms with Crippen LogP contribution in [0.5, 0.6) is 12.0 Å². The number of rotatable bonds is 16. The number of nitrogens with zero attached hydrogens (tertiary/aromatic N) is 8. The molecule has 30 nitrogen and oxygen atoms in total. The van der Waals surface area contributed by atoms with E-state index in [4.69, 9.17) is 66.9 Å². The second-order valence-electron chi connectivity index (χ2n) is 19.5. The number of ether oxygens (including phenoxy) is 8. The number of hydrogen-bond donors (Lipinski definition) is 6. The van der Waals surface area contributed by atoms with E-state index in [1.54, 1.807) is 17.7 Å². The molecule has 0 aliphatic carbocycles. The number of fused-ring (bicyclic) bond motifs is 6. The van der Waals surface area contributed by atoms with Crippen molar-refractivity contribution in [2.75, 3.05) is 34.4 Å². The molecule has 0 aromatic carbocycles. The summed E-state index contributed by atoms with van der Waals surface area (Å²) in [5, 5.41) is 47.7. The summed E-state index contributed by atoms with van der Waals surface area (Å²) < 4.78 is 123. The smallest absolute Gasteiger partial charge is 1.00 e. The summed E-state index contributed by atoms with van der Waals surface area (Å²) in [6.45, 7) is 13.3. The molecule has 0 saturated carbocycles. The SMILES string of the molecule is CC[C@H]1O[C@@H]2C(Oc3nc(=O)ccn32)[C@@H]1O.O=c1ccn2c(n1)OC1[C@H]2O[C@H](CO)[C@H]1O.[2H]C([2H])([2H])O[C@@H]1[C@H](O)[C@@H](CC)O[C@H]1n1ccc(=O)[nH]c1=O.[2H]C([2H])([2H])O[C@@H]1[C@H](OP(OCCC#N)N(C(C)C)C(C)C)[C@@H](CC)O[C@H]1n1ccc(=O)[nH]c1=O.[2H]CF.[H-].[H-].[Mg+2].